The first-order valence-electron chi connectivity index (χ1n) is 10.9. The molecule has 2 heterocycles. The Kier molecular flexibility index (Phi) is 8.06. The van der Waals surface area contributed by atoms with Gasteiger partial charge in [-0.25, -0.2) is 27.2 Å². The first-order valence-corrected chi connectivity index (χ1v) is 14.4. The second kappa shape index (κ2) is 10.9. The summed E-state index contributed by atoms with van der Waals surface area (Å²) in [5.74, 6) is -1.62. The molecule has 2 aromatic carbocycles. The molecular weight excluding hydrogens is 546 g/mol. The number of halogens is 3. The fraction of sp³-hybridized carbons (Fsp3) is 0.250. The quantitative estimate of drug-likeness (QED) is 0.253. The lowest BCUT2D eigenvalue weighted by Gasteiger charge is -2.29. The van der Waals surface area contributed by atoms with Crippen LogP contribution in [0, 0.1) is 25.5 Å². The van der Waals surface area contributed by atoms with Crippen molar-refractivity contribution in [3.63, 3.8) is 0 Å². The van der Waals surface area contributed by atoms with Crippen LogP contribution in [-0.4, -0.2) is 18.4 Å². The molecule has 0 radical (unpaired) electrons. The van der Waals surface area contributed by atoms with Gasteiger partial charge in [0, 0.05) is 40.1 Å². The van der Waals surface area contributed by atoms with Crippen molar-refractivity contribution in [2.75, 3.05) is 4.31 Å². The SMILES string of the molecule is Cc1csc(CNCc2sc(C(C)N(c3cc(F)ccc3F)S(=O)(=O)c3ccc(Cl)cc3)nc2C)n1. The molecule has 0 aliphatic heterocycles. The van der Waals surface area contributed by atoms with Gasteiger partial charge >= 0.3 is 0 Å². The number of aromatic nitrogens is 2. The van der Waals surface area contributed by atoms with Gasteiger partial charge in [0.2, 0.25) is 0 Å². The number of nitrogens with one attached hydrogen (secondary N) is 1. The van der Waals surface area contributed by atoms with Gasteiger partial charge in [-0.1, -0.05) is 11.6 Å². The van der Waals surface area contributed by atoms with Crippen LogP contribution in [0.25, 0.3) is 0 Å². The van der Waals surface area contributed by atoms with Crippen molar-refractivity contribution in [2.45, 2.75) is 44.8 Å². The molecule has 0 saturated carbocycles. The summed E-state index contributed by atoms with van der Waals surface area (Å²) < 4.78 is 57.3. The van der Waals surface area contributed by atoms with Crippen LogP contribution in [0.4, 0.5) is 14.5 Å². The third-order valence-corrected chi connectivity index (χ3v) is 9.81. The summed E-state index contributed by atoms with van der Waals surface area (Å²) in [7, 11) is -4.30. The number of anilines is 1. The summed E-state index contributed by atoms with van der Waals surface area (Å²) in [5, 5.41) is 7.08. The summed E-state index contributed by atoms with van der Waals surface area (Å²) >= 11 is 8.82. The second-order valence-electron chi connectivity index (χ2n) is 8.07. The maximum atomic E-state index is 14.9. The van der Waals surface area contributed by atoms with E-state index in [4.69, 9.17) is 11.6 Å². The van der Waals surface area contributed by atoms with Crippen LogP contribution in [0.1, 0.15) is 39.2 Å². The number of hydrogen-bond donors (Lipinski definition) is 1. The molecule has 0 aliphatic rings. The second-order valence-corrected chi connectivity index (χ2v) is 12.4. The van der Waals surface area contributed by atoms with Crippen LogP contribution in [0.3, 0.4) is 0 Å². The minimum atomic E-state index is -4.30. The highest BCUT2D eigenvalue weighted by molar-refractivity contribution is 7.92. The fourth-order valence-electron chi connectivity index (χ4n) is 3.58. The summed E-state index contributed by atoms with van der Waals surface area (Å²) in [6.45, 7) is 6.47. The van der Waals surface area contributed by atoms with Gasteiger partial charge < -0.3 is 5.32 Å². The van der Waals surface area contributed by atoms with E-state index < -0.39 is 33.4 Å². The van der Waals surface area contributed by atoms with Crippen LogP contribution in [0.15, 0.2) is 52.7 Å². The predicted molar refractivity (Wildman–Crippen MR) is 140 cm³/mol. The fourth-order valence-corrected chi connectivity index (χ4v) is 7.22. The van der Waals surface area contributed by atoms with Crippen molar-refractivity contribution in [3.8, 4) is 0 Å². The highest BCUT2D eigenvalue weighted by Gasteiger charge is 2.34. The summed E-state index contributed by atoms with van der Waals surface area (Å²) in [4.78, 5) is 9.82. The zero-order chi connectivity index (χ0) is 26.0. The van der Waals surface area contributed by atoms with E-state index in [0.29, 0.717) is 23.1 Å². The first-order chi connectivity index (χ1) is 17.1. The number of sulfonamides is 1. The molecule has 1 N–H and O–H groups in total. The summed E-state index contributed by atoms with van der Waals surface area (Å²) in [5.41, 5.74) is 1.30. The smallest absolute Gasteiger partial charge is 0.265 e. The van der Waals surface area contributed by atoms with Gasteiger partial charge in [0.1, 0.15) is 21.6 Å². The molecule has 36 heavy (non-hydrogen) atoms. The molecule has 0 bridgehead atoms. The Balaban J connectivity index is 1.67. The van der Waals surface area contributed by atoms with Gasteiger partial charge in [0.15, 0.2) is 0 Å². The molecule has 1 unspecified atom stereocenters. The van der Waals surface area contributed by atoms with Crippen LogP contribution in [0.5, 0.6) is 0 Å². The maximum Gasteiger partial charge on any atom is 0.265 e. The van der Waals surface area contributed by atoms with E-state index in [-0.39, 0.29) is 4.90 Å². The Morgan fingerprint density at radius 2 is 1.81 bits per heavy atom. The number of rotatable bonds is 9. The molecule has 0 saturated heterocycles. The predicted octanol–water partition coefficient (Wildman–Crippen LogP) is 6.39. The molecule has 0 fully saturated rings. The highest BCUT2D eigenvalue weighted by atomic mass is 35.5. The minimum Gasteiger partial charge on any atom is -0.305 e. The zero-order valence-electron chi connectivity index (χ0n) is 19.6. The Bertz CT molecular complexity index is 1470. The van der Waals surface area contributed by atoms with Gasteiger partial charge in [0.05, 0.1) is 22.3 Å². The largest absolute Gasteiger partial charge is 0.305 e. The number of thiazole rings is 2. The van der Waals surface area contributed by atoms with Gasteiger partial charge in [-0.05, 0) is 57.2 Å². The van der Waals surface area contributed by atoms with E-state index >= 15 is 0 Å². The monoisotopic (exact) mass is 568 g/mol. The van der Waals surface area contributed by atoms with Crippen LogP contribution >= 0.6 is 34.3 Å². The number of nitrogens with zero attached hydrogens (tertiary/aromatic N) is 3. The van der Waals surface area contributed by atoms with Crippen LogP contribution < -0.4 is 9.62 Å². The summed E-state index contributed by atoms with van der Waals surface area (Å²) in [6.07, 6.45) is 0. The number of benzene rings is 2. The molecule has 12 heteroatoms. The lowest BCUT2D eigenvalue weighted by Crippen LogP contribution is -2.34. The van der Waals surface area contributed by atoms with Crippen molar-refractivity contribution < 1.29 is 17.2 Å². The Labute approximate surface area is 221 Å². The van der Waals surface area contributed by atoms with Crippen molar-refractivity contribution in [2.24, 2.45) is 0 Å². The molecule has 0 amide bonds. The average molecular weight is 569 g/mol. The van der Waals surface area contributed by atoms with E-state index in [2.05, 4.69) is 15.3 Å². The van der Waals surface area contributed by atoms with E-state index in [1.807, 2.05) is 19.2 Å². The van der Waals surface area contributed by atoms with Crippen molar-refractivity contribution in [3.05, 3.63) is 90.8 Å². The third-order valence-electron chi connectivity index (χ3n) is 5.36. The van der Waals surface area contributed by atoms with Gasteiger partial charge in [-0.3, -0.25) is 4.31 Å². The minimum absolute atomic E-state index is 0.101. The molecular formula is C24H23ClF2N4O2S3. The van der Waals surface area contributed by atoms with Crippen molar-refractivity contribution in [1.29, 1.82) is 0 Å². The van der Waals surface area contributed by atoms with Crippen LogP contribution in [-0.2, 0) is 23.1 Å². The topological polar surface area (TPSA) is 75.2 Å². The Morgan fingerprint density at radius 1 is 1.08 bits per heavy atom. The normalized spacial score (nSPS) is 12.6. The lowest BCUT2D eigenvalue weighted by molar-refractivity contribution is 0.570. The van der Waals surface area contributed by atoms with Crippen LogP contribution in [0.2, 0.25) is 5.02 Å². The third kappa shape index (κ3) is 5.76. The zero-order valence-corrected chi connectivity index (χ0v) is 22.8. The first kappa shape index (κ1) is 26.6. The Hall–Kier alpha value is -2.44. The van der Waals surface area contributed by atoms with Gasteiger partial charge in [-0.15, -0.1) is 22.7 Å². The average Bonchev–Trinajstić information content (AvgIpc) is 3.41. The molecule has 6 nitrogen and oxygen atoms in total. The van der Waals surface area contributed by atoms with E-state index in [0.717, 1.165) is 43.8 Å². The molecule has 190 valence electrons. The maximum absolute atomic E-state index is 14.9. The molecule has 1 atom stereocenters. The molecule has 2 aromatic heterocycles. The van der Waals surface area contributed by atoms with Crippen molar-refractivity contribution >= 4 is 50.0 Å². The number of aryl methyl sites for hydroxylation is 2. The van der Waals surface area contributed by atoms with E-state index in [9.17, 15) is 17.2 Å². The van der Waals surface area contributed by atoms with E-state index in [1.54, 1.807) is 18.3 Å². The molecule has 0 spiro atoms. The molecule has 4 aromatic rings. The number of hydrogen-bond acceptors (Lipinski definition) is 7. The van der Waals surface area contributed by atoms with Crippen molar-refractivity contribution in [1.82, 2.24) is 15.3 Å². The van der Waals surface area contributed by atoms with Gasteiger partial charge in [0.25, 0.3) is 10.0 Å². The standard InChI is InChI=1S/C24H23ClF2N4O2S3/c1-14-13-34-23(29-14)12-28-11-22-15(2)30-24(35-22)16(3)31(21-10-18(26)6-9-20(21)27)36(32,33)19-7-4-17(25)5-8-19/h4-10,13,16,28H,11-12H2,1-3H3. The molecule has 4 rings (SSSR count). The Morgan fingerprint density at radius 3 is 2.47 bits per heavy atom. The van der Waals surface area contributed by atoms with E-state index in [1.165, 1.54) is 35.6 Å². The summed E-state index contributed by atoms with van der Waals surface area (Å²) in [6, 6.07) is 7.33. The molecule has 0 aliphatic carbocycles. The van der Waals surface area contributed by atoms with Gasteiger partial charge in [-0.2, -0.15) is 0 Å². The lowest BCUT2D eigenvalue weighted by atomic mass is 10.2. The highest BCUT2D eigenvalue weighted by Crippen LogP contribution is 2.37.